The van der Waals surface area contributed by atoms with E-state index in [4.69, 9.17) is 0 Å². The third kappa shape index (κ3) is 4.67. The number of anilines is 2. The minimum absolute atomic E-state index is 0.231. The van der Waals surface area contributed by atoms with Crippen molar-refractivity contribution in [1.82, 2.24) is 20.3 Å². The average molecular weight is 361 g/mol. The molecular weight excluding hydrogens is 338 g/mol. The van der Waals surface area contributed by atoms with E-state index in [1.807, 2.05) is 56.0 Å². The van der Waals surface area contributed by atoms with Crippen LogP contribution in [0.5, 0.6) is 0 Å². The number of nitrogens with zero attached hydrogens (tertiary/aromatic N) is 4. The van der Waals surface area contributed by atoms with Gasteiger partial charge in [0.05, 0.1) is 0 Å². The van der Waals surface area contributed by atoms with Gasteiger partial charge in [0.25, 0.3) is 5.91 Å². The monoisotopic (exact) mass is 361 g/mol. The van der Waals surface area contributed by atoms with E-state index in [1.165, 1.54) is 0 Å². The van der Waals surface area contributed by atoms with Gasteiger partial charge < -0.3 is 10.2 Å². The van der Waals surface area contributed by atoms with E-state index in [2.05, 4.69) is 26.3 Å². The summed E-state index contributed by atoms with van der Waals surface area (Å²) in [6.45, 7) is 7.05. The van der Waals surface area contributed by atoms with E-state index in [9.17, 15) is 4.79 Å². The first-order valence-corrected chi connectivity index (χ1v) is 8.94. The van der Waals surface area contributed by atoms with Crippen LogP contribution in [0.4, 0.5) is 11.6 Å². The first-order chi connectivity index (χ1) is 13.1. The van der Waals surface area contributed by atoms with Crippen LogP contribution in [0.2, 0.25) is 0 Å². The van der Waals surface area contributed by atoms with E-state index in [0.717, 1.165) is 22.5 Å². The van der Waals surface area contributed by atoms with Crippen molar-refractivity contribution in [2.75, 3.05) is 11.4 Å². The number of pyridine rings is 1. The van der Waals surface area contributed by atoms with E-state index < -0.39 is 0 Å². The molecule has 27 heavy (non-hydrogen) atoms. The fraction of sp³-hybridized carbons (Fsp3) is 0.238. The van der Waals surface area contributed by atoms with Gasteiger partial charge in [-0.3, -0.25) is 9.78 Å². The van der Waals surface area contributed by atoms with Gasteiger partial charge in [0.15, 0.2) is 0 Å². The SMILES string of the molecule is CCN(c1cccc(C)c1)c1nc(C)cc(C(=O)NCc2cccnc2)n1. The maximum atomic E-state index is 12.6. The molecule has 138 valence electrons. The van der Waals surface area contributed by atoms with Crippen molar-refractivity contribution in [2.45, 2.75) is 27.3 Å². The third-order valence-corrected chi connectivity index (χ3v) is 4.12. The van der Waals surface area contributed by atoms with Gasteiger partial charge in [-0.25, -0.2) is 9.97 Å². The highest BCUT2D eigenvalue weighted by molar-refractivity contribution is 5.92. The fourth-order valence-corrected chi connectivity index (χ4v) is 2.80. The molecule has 0 saturated carbocycles. The molecular formula is C21H23N5O. The Bertz CT molecular complexity index is 927. The van der Waals surface area contributed by atoms with E-state index in [1.54, 1.807) is 18.5 Å². The Kier molecular flexibility index (Phi) is 5.76. The van der Waals surface area contributed by atoms with Crippen molar-refractivity contribution in [2.24, 2.45) is 0 Å². The average Bonchev–Trinajstić information content (AvgIpc) is 2.67. The van der Waals surface area contributed by atoms with Crippen molar-refractivity contribution in [3.05, 3.63) is 77.4 Å². The Morgan fingerprint density at radius 2 is 1.96 bits per heavy atom. The van der Waals surface area contributed by atoms with E-state index in [0.29, 0.717) is 24.7 Å². The summed E-state index contributed by atoms with van der Waals surface area (Å²) >= 11 is 0. The Hall–Kier alpha value is -3.28. The minimum atomic E-state index is -0.231. The fourth-order valence-electron chi connectivity index (χ4n) is 2.80. The molecule has 0 saturated heterocycles. The lowest BCUT2D eigenvalue weighted by atomic mass is 10.2. The summed E-state index contributed by atoms with van der Waals surface area (Å²) in [6, 6.07) is 13.6. The first kappa shape index (κ1) is 18.5. The standard InChI is InChI=1S/C21H23N5O/c1-4-26(18-9-5-7-15(2)11-18)21-24-16(3)12-19(25-21)20(27)23-14-17-8-6-10-22-13-17/h5-13H,4,14H2,1-3H3,(H,23,27). The summed E-state index contributed by atoms with van der Waals surface area (Å²) < 4.78 is 0. The molecule has 0 bridgehead atoms. The Labute approximate surface area is 159 Å². The highest BCUT2D eigenvalue weighted by Crippen LogP contribution is 2.23. The zero-order chi connectivity index (χ0) is 19.2. The number of hydrogen-bond acceptors (Lipinski definition) is 5. The van der Waals surface area contributed by atoms with Crippen molar-refractivity contribution >= 4 is 17.5 Å². The maximum Gasteiger partial charge on any atom is 0.270 e. The molecule has 1 N–H and O–H groups in total. The molecule has 0 radical (unpaired) electrons. The van der Waals surface area contributed by atoms with Crippen molar-refractivity contribution in [3.63, 3.8) is 0 Å². The molecule has 2 aromatic heterocycles. The Morgan fingerprint density at radius 1 is 1.11 bits per heavy atom. The van der Waals surface area contributed by atoms with Crippen LogP contribution in [-0.2, 0) is 6.54 Å². The van der Waals surface area contributed by atoms with Crippen LogP contribution in [0.15, 0.2) is 54.9 Å². The third-order valence-electron chi connectivity index (χ3n) is 4.12. The molecule has 0 fully saturated rings. The molecule has 0 aliphatic rings. The predicted molar refractivity (Wildman–Crippen MR) is 106 cm³/mol. The topological polar surface area (TPSA) is 71.0 Å². The molecule has 0 atom stereocenters. The lowest BCUT2D eigenvalue weighted by molar-refractivity contribution is 0.0945. The second-order valence-corrected chi connectivity index (χ2v) is 6.32. The zero-order valence-corrected chi connectivity index (χ0v) is 15.8. The number of aryl methyl sites for hydroxylation is 2. The molecule has 2 heterocycles. The highest BCUT2D eigenvalue weighted by Gasteiger charge is 2.15. The largest absolute Gasteiger partial charge is 0.347 e. The number of nitrogens with one attached hydrogen (secondary N) is 1. The smallest absolute Gasteiger partial charge is 0.270 e. The summed E-state index contributed by atoms with van der Waals surface area (Å²) in [4.78, 5) is 27.7. The molecule has 0 unspecified atom stereocenters. The molecule has 6 heteroatoms. The lowest BCUT2D eigenvalue weighted by Crippen LogP contribution is -2.26. The zero-order valence-electron chi connectivity index (χ0n) is 15.8. The molecule has 3 aromatic rings. The summed E-state index contributed by atoms with van der Waals surface area (Å²) in [5.41, 5.74) is 4.20. The second kappa shape index (κ2) is 8.40. The Morgan fingerprint density at radius 3 is 2.67 bits per heavy atom. The second-order valence-electron chi connectivity index (χ2n) is 6.32. The van der Waals surface area contributed by atoms with Gasteiger partial charge in [-0.2, -0.15) is 0 Å². The number of carbonyl (C=O) groups excluding carboxylic acids is 1. The van der Waals surface area contributed by atoms with Gasteiger partial charge >= 0.3 is 0 Å². The number of benzene rings is 1. The number of aromatic nitrogens is 3. The van der Waals surface area contributed by atoms with Crippen LogP contribution in [0.25, 0.3) is 0 Å². The Balaban J connectivity index is 1.83. The number of carbonyl (C=O) groups is 1. The molecule has 0 aliphatic heterocycles. The van der Waals surface area contributed by atoms with Crippen LogP contribution in [0.1, 0.15) is 34.2 Å². The van der Waals surface area contributed by atoms with Gasteiger partial charge in [0.1, 0.15) is 5.69 Å². The summed E-state index contributed by atoms with van der Waals surface area (Å²) in [7, 11) is 0. The summed E-state index contributed by atoms with van der Waals surface area (Å²) in [5.74, 6) is 0.292. The molecule has 3 rings (SSSR count). The maximum absolute atomic E-state index is 12.6. The minimum Gasteiger partial charge on any atom is -0.347 e. The molecule has 0 spiro atoms. The van der Waals surface area contributed by atoms with Crippen LogP contribution in [0.3, 0.4) is 0 Å². The number of amides is 1. The van der Waals surface area contributed by atoms with Gasteiger partial charge in [-0.1, -0.05) is 18.2 Å². The quantitative estimate of drug-likeness (QED) is 0.727. The van der Waals surface area contributed by atoms with Crippen LogP contribution < -0.4 is 10.2 Å². The molecule has 0 aliphatic carbocycles. The lowest BCUT2D eigenvalue weighted by Gasteiger charge is -2.22. The summed E-state index contributed by atoms with van der Waals surface area (Å²) in [5, 5.41) is 2.89. The van der Waals surface area contributed by atoms with Gasteiger partial charge in [-0.15, -0.1) is 0 Å². The van der Waals surface area contributed by atoms with Gasteiger partial charge in [0, 0.05) is 36.9 Å². The molecule has 6 nitrogen and oxygen atoms in total. The normalized spacial score (nSPS) is 10.5. The van der Waals surface area contributed by atoms with Gasteiger partial charge in [0.2, 0.25) is 5.95 Å². The molecule has 1 amide bonds. The summed E-state index contributed by atoms with van der Waals surface area (Å²) in [6.07, 6.45) is 3.43. The van der Waals surface area contributed by atoms with Crippen LogP contribution in [-0.4, -0.2) is 27.4 Å². The predicted octanol–water partition coefficient (Wildman–Crippen LogP) is 3.58. The number of hydrogen-bond donors (Lipinski definition) is 1. The van der Waals surface area contributed by atoms with Crippen LogP contribution in [0, 0.1) is 13.8 Å². The first-order valence-electron chi connectivity index (χ1n) is 8.94. The van der Waals surface area contributed by atoms with Crippen molar-refractivity contribution in [3.8, 4) is 0 Å². The molecule has 1 aromatic carbocycles. The van der Waals surface area contributed by atoms with Crippen molar-refractivity contribution < 1.29 is 4.79 Å². The van der Waals surface area contributed by atoms with Gasteiger partial charge in [-0.05, 0) is 56.2 Å². The van der Waals surface area contributed by atoms with Crippen molar-refractivity contribution in [1.29, 1.82) is 0 Å². The van der Waals surface area contributed by atoms with E-state index in [-0.39, 0.29) is 5.91 Å². The number of rotatable bonds is 6. The van der Waals surface area contributed by atoms with E-state index >= 15 is 0 Å². The van der Waals surface area contributed by atoms with Crippen LogP contribution >= 0.6 is 0 Å². The highest BCUT2D eigenvalue weighted by atomic mass is 16.1.